The quantitative estimate of drug-likeness (QED) is 0.492. The molecule has 0 aliphatic rings. The maximum atomic E-state index is 10.00. The zero-order valence-electron chi connectivity index (χ0n) is 12.3. The fourth-order valence-electron chi connectivity index (χ4n) is 1.76. The van der Waals surface area contributed by atoms with Crippen molar-refractivity contribution in [2.24, 2.45) is 0 Å². The van der Waals surface area contributed by atoms with Crippen LogP contribution < -0.4 is 5.32 Å². The topological polar surface area (TPSA) is 65.0 Å². The Bertz CT molecular complexity index is 197. The average molecular weight is 262 g/mol. The summed E-state index contributed by atoms with van der Waals surface area (Å²) in [5.41, 5.74) is -0.787. The Balaban J connectivity index is 3.75. The van der Waals surface area contributed by atoms with Gasteiger partial charge in [-0.15, -0.1) is 0 Å². The van der Waals surface area contributed by atoms with Gasteiger partial charge in [0.05, 0.1) is 11.7 Å². The Labute approximate surface area is 111 Å². The molecule has 0 aromatic heterocycles. The third-order valence-electron chi connectivity index (χ3n) is 3.09. The number of aliphatic hydroxyl groups is 2. The zero-order valence-corrected chi connectivity index (χ0v) is 12.3. The number of hydrogen-bond acceptors (Lipinski definition) is 5. The van der Waals surface area contributed by atoms with E-state index in [1.165, 1.54) is 0 Å². The molecule has 2 unspecified atom stereocenters. The second kappa shape index (κ2) is 9.69. The van der Waals surface area contributed by atoms with Crippen molar-refractivity contribution in [3.63, 3.8) is 0 Å². The summed E-state index contributed by atoms with van der Waals surface area (Å²) >= 11 is 0. The minimum atomic E-state index is -0.787. The number of rotatable bonds is 11. The molecule has 0 bridgehead atoms. The lowest BCUT2D eigenvalue weighted by atomic mass is 10.0. The monoisotopic (exact) mass is 262 g/mol. The van der Waals surface area contributed by atoms with E-state index in [1.807, 2.05) is 0 Å². The van der Waals surface area contributed by atoms with Gasteiger partial charge in [-0.05, 0) is 20.0 Å². The van der Waals surface area contributed by atoms with Crippen LogP contribution in [0.1, 0.15) is 27.2 Å². The summed E-state index contributed by atoms with van der Waals surface area (Å²) in [5, 5.41) is 22.9. The Morgan fingerprint density at radius 2 is 1.94 bits per heavy atom. The highest BCUT2D eigenvalue weighted by Gasteiger charge is 2.20. The van der Waals surface area contributed by atoms with Gasteiger partial charge in [0, 0.05) is 39.8 Å². The lowest BCUT2D eigenvalue weighted by Crippen LogP contribution is -2.44. The van der Waals surface area contributed by atoms with Crippen LogP contribution in [0.3, 0.4) is 0 Å². The predicted octanol–water partition coefficient (Wildman–Crippen LogP) is 0.0662. The van der Waals surface area contributed by atoms with Crippen LogP contribution in [0.15, 0.2) is 0 Å². The highest BCUT2D eigenvalue weighted by atomic mass is 16.5. The SMILES string of the molecule is CCN(CC)CC(O)CNCC(C)(O)CCOC. The van der Waals surface area contributed by atoms with E-state index in [4.69, 9.17) is 4.74 Å². The number of ether oxygens (including phenoxy) is 1. The Kier molecular flexibility index (Phi) is 9.59. The van der Waals surface area contributed by atoms with Gasteiger partial charge in [0.15, 0.2) is 0 Å². The van der Waals surface area contributed by atoms with Crippen LogP contribution in [0.25, 0.3) is 0 Å². The molecule has 0 aliphatic carbocycles. The molecule has 0 rings (SSSR count). The molecule has 0 fully saturated rings. The van der Waals surface area contributed by atoms with Gasteiger partial charge in [0.2, 0.25) is 0 Å². The lowest BCUT2D eigenvalue weighted by Gasteiger charge is -2.26. The number of hydrogen-bond donors (Lipinski definition) is 3. The maximum absolute atomic E-state index is 10.00. The van der Waals surface area contributed by atoms with Gasteiger partial charge in [-0.3, -0.25) is 0 Å². The van der Waals surface area contributed by atoms with Crippen LogP contribution in [0.4, 0.5) is 0 Å². The minimum Gasteiger partial charge on any atom is -0.390 e. The molecule has 0 radical (unpaired) electrons. The summed E-state index contributed by atoms with van der Waals surface area (Å²) in [6.45, 7) is 9.99. The summed E-state index contributed by atoms with van der Waals surface area (Å²) in [6, 6.07) is 0. The second-order valence-corrected chi connectivity index (χ2v) is 5.01. The van der Waals surface area contributed by atoms with Crippen LogP contribution >= 0.6 is 0 Å². The maximum Gasteiger partial charge on any atom is 0.0791 e. The van der Waals surface area contributed by atoms with E-state index in [0.717, 1.165) is 13.1 Å². The first kappa shape index (κ1) is 17.8. The van der Waals surface area contributed by atoms with Crippen LogP contribution in [0.5, 0.6) is 0 Å². The van der Waals surface area contributed by atoms with E-state index in [2.05, 4.69) is 24.1 Å². The molecule has 0 aromatic carbocycles. The summed E-state index contributed by atoms with van der Waals surface area (Å²) in [5.74, 6) is 0. The van der Waals surface area contributed by atoms with E-state index in [-0.39, 0.29) is 0 Å². The van der Waals surface area contributed by atoms with Gasteiger partial charge in [0.25, 0.3) is 0 Å². The van der Waals surface area contributed by atoms with Gasteiger partial charge in [-0.1, -0.05) is 13.8 Å². The normalized spacial score (nSPS) is 16.8. The molecule has 0 aromatic rings. The van der Waals surface area contributed by atoms with E-state index in [9.17, 15) is 10.2 Å². The molecule has 5 heteroatoms. The molecule has 0 aliphatic heterocycles. The molecule has 0 heterocycles. The second-order valence-electron chi connectivity index (χ2n) is 5.01. The number of nitrogens with one attached hydrogen (secondary N) is 1. The fraction of sp³-hybridized carbons (Fsp3) is 1.00. The molecule has 0 spiro atoms. The van der Waals surface area contributed by atoms with E-state index >= 15 is 0 Å². The molecule has 2 atom stereocenters. The summed E-state index contributed by atoms with van der Waals surface area (Å²) in [6.07, 6.45) is 0.186. The van der Waals surface area contributed by atoms with Crippen LogP contribution in [0.2, 0.25) is 0 Å². The molecular formula is C13H30N2O3. The third-order valence-corrected chi connectivity index (χ3v) is 3.09. The number of aliphatic hydroxyl groups excluding tert-OH is 1. The Hall–Kier alpha value is -0.200. The van der Waals surface area contributed by atoms with Crippen molar-refractivity contribution in [1.82, 2.24) is 10.2 Å². The smallest absolute Gasteiger partial charge is 0.0791 e. The van der Waals surface area contributed by atoms with Crippen LogP contribution in [0, 0.1) is 0 Å². The van der Waals surface area contributed by atoms with Gasteiger partial charge >= 0.3 is 0 Å². The molecule has 5 nitrogen and oxygen atoms in total. The first-order valence-electron chi connectivity index (χ1n) is 6.77. The summed E-state index contributed by atoms with van der Waals surface area (Å²) in [7, 11) is 1.62. The molecule has 18 heavy (non-hydrogen) atoms. The van der Waals surface area contributed by atoms with E-state index < -0.39 is 11.7 Å². The molecule has 0 saturated heterocycles. The number of likely N-dealkylation sites (N-methyl/N-ethyl adjacent to an activating group) is 1. The Morgan fingerprint density at radius 1 is 1.33 bits per heavy atom. The van der Waals surface area contributed by atoms with E-state index in [0.29, 0.717) is 32.7 Å². The molecule has 0 saturated carbocycles. The van der Waals surface area contributed by atoms with Crippen LogP contribution in [-0.4, -0.2) is 73.3 Å². The molecule has 110 valence electrons. The van der Waals surface area contributed by atoms with Crippen molar-refractivity contribution in [2.75, 3.05) is 46.4 Å². The van der Waals surface area contributed by atoms with Crippen LogP contribution in [-0.2, 0) is 4.74 Å². The standard InChI is InChI=1S/C13H30N2O3/c1-5-15(6-2)10-12(16)9-14-11-13(3,17)7-8-18-4/h12,14,16-17H,5-11H2,1-4H3. The summed E-state index contributed by atoms with van der Waals surface area (Å²) in [4.78, 5) is 2.18. The largest absolute Gasteiger partial charge is 0.390 e. The van der Waals surface area contributed by atoms with Gasteiger partial charge in [-0.2, -0.15) is 0 Å². The first-order valence-corrected chi connectivity index (χ1v) is 6.77. The lowest BCUT2D eigenvalue weighted by molar-refractivity contribution is 0.0214. The Morgan fingerprint density at radius 3 is 2.44 bits per heavy atom. The van der Waals surface area contributed by atoms with Crippen molar-refractivity contribution in [3.05, 3.63) is 0 Å². The third kappa shape index (κ3) is 8.83. The fourth-order valence-corrected chi connectivity index (χ4v) is 1.76. The zero-order chi connectivity index (χ0) is 14.0. The van der Waals surface area contributed by atoms with Crippen molar-refractivity contribution < 1.29 is 14.9 Å². The molecule has 3 N–H and O–H groups in total. The summed E-state index contributed by atoms with van der Waals surface area (Å²) < 4.78 is 4.94. The van der Waals surface area contributed by atoms with Crippen molar-refractivity contribution >= 4 is 0 Å². The van der Waals surface area contributed by atoms with Crippen molar-refractivity contribution in [1.29, 1.82) is 0 Å². The highest BCUT2D eigenvalue weighted by molar-refractivity contribution is 4.76. The number of methoxy groups -OCH3 is 1. The van der Waals surface area contributed by atoms with Gasteiger partial charge in [-0.25, -0.2) is 0 Å². The first-order chi connectivity index (χ1) is 8.45. The van der Waals surface area contributed by atoms with Crippen molar-refractivity contribution in [3.8, 4) is 0 Å². The van der Waals surface area contributed by atoms with Crippen molar-refractivity contribution in [2.45, 2.75) is 38.9 Å². The minimum absolute atomic E-state index is 0.400. The van der Waals surface area contributed by atoms with Gasteiger partial charge < -0.3 is 25.2 Å². The molecular weight excluding hydrogens is 232 g/mol. The average Bonchev–Trinajstić information content (AvgIpc) is 2.33. The predicted molar refractivity (Wildman–Crippen MR) is 73.8 cm³/mol. The highest BCUT2D eigenvalue weighted by Crippen LogP contribution is 2.07. The van der Waals surface area contributed by atoms with E-state index in [1.54, 1.807) is 14.0 Å². The van der Waals surface area contributed by atoms with Gasteiger partial charge in [0.1, 0.15) is 0 Å². The number of nitrogens with zero attached hydrogens (tertiary/aromatic N) is 1. The molecule has 0 amide bonds.